The van der Waals surface area contributed by atoms with Gasteiger partial charge in [0.25, 0.3) is 0 Å². The minimum absolute atomic E-state index is 0.172. The van der Waals surface area contributed by atoms with Crippen LogP contribution < -0.4 is 10.2 Å². The molecule has 4 rings (SSSR count). The van der Waals surface area contributed by atoms with Crippen LogP contribution >= 0.6 is 0 Å². The molecule has 0 spiro atoms. The van der Waals surface area contributed by atoms with Crippen molar-refractivity contribution >= 4 is 17.6 Å². The van der Waals surface area contributed by atoms with Crippen molar-refractivity contribution in [3.8, 4) is 0 Å². The predicted molar refractivity (Wildman–Crippen MR) is 121 cm³/mol. The number of para-hydroxylation sites is 1. The molecule has 0 unspecified atom stereocenters. The van der Waals surface area contributed by atoms with E-state index in [9.17, 15) is 9.18 Å². The first-order valence-corrected chi connectivity index (χ1v) is 10.9. The Morgan fingerprint density at radius 3 is 2.52 bits per heavy atom. The molecule has 0 bridgehead atoms. The third kappa shape index (κ3) is 5.16. The van der Waals surface area contributed by atoms with E-state index in [4.69, 9.17) is 0 Å². The number of anilines is 1. The van der Waals surface area contributed by atoms with Gasteiger partial charge in [0, 0.05) is 59.3 Å². The van der Waals surface area contributed by atoms with Crippen LogP contribution in [0.25, 0.3) is 0 Å². The van der Waals surface area contributed by atoms with Crippen molar-refractivity contribution in [3.63, 3.8) is 0 Å². The number of nitrogens with one attached hydrogen (secondary N) is 1. The zero-order valence-electron chi connectivity index (χ0n) is 18.1. The summed E-state index contributed by atoms with van der Waals surface area (Å²) in [5.41, 5.74) is 2.98. The van der Waals surface area contributed by atoms with Gasteiger partial charge in [0.15, 0.2) is 5.96 Å². The lowest BCUT2D eigenvalue weighted by Crippen LogP contribution is -2.52. The zero-order valence-corrected chi connectivity index (χ0v) is 18.1. The topological polar surface area (TPSA) is 51.2 Å². The Hall–Kier alpha value is -3.09. The van der Waals surface area contributed by atoms with E-state index >= 15 is 0 Å². The van der Waals surface area contributed by atoms with Gasteiger partial charge < -0.3 is 20.0 Å². The molecule has 2 saturated heterocycles. The third-order valence-electron chi connectivity index (χ3n) is 5.97. The van der Waals surface area contributed by atoms with E-state index in [1.165, 1.54) is 6.07 Å². The Bertz CT molecular complexity index is 939. The molecule has 31 heavy (non-hydrogen) atoms. The molecule has 0 radical (unpaired) electrons. The number of hydrogen-bond acceptors (Lipinski definition) is 3. The molecule has 2 aliphatic rings. The Morgan fingerprint density at radius 1 is 1.03 bits per heavy atom. The van der Waals surface area contributed by atoms with E-state index in [1.807, 2.05) is 23.1 Å². The van der Waals surface area contributed by atoms with Crippen LogP contribution in [-0.2, 0) is 17.9 Å². The zero-order chi connectivity index (χ0) is 21.6. The summed E-state index contributed by atoms with van der Waals surface area (Å²) in [6.45, 7) is 5.27. The number of guanidine groups is 1. The number of halogens is 1. The number of likely N-dealkylation sites (tertiary alicyclic amines) is 1. The molecule has 2 aromatic carbocycles. The summed E-state index contributed by atoms with van der Waals surface area (Å²) in [5, 5.41) is 3.45. The van der Waals surface area contributed by atoms with Crippen molar-refractivity contribution in [1.29, 1.82) is 0 Å². The second kappa shape index (κ2) is 9.81. The van der Waals surface area contributed by atoms with Crippen LogP contribution in [0.3, 0.4) is 0 Å². The van der Waals surface area contributed by atoms with E-state index in [0.29, 0.717) is 25.2 Å². The first-order chi connectivity index (χ1) is 15.1. The minimum atomic E-state index is -0.172. The van der Waals surface area contributed by atoms with Gasteiger partial charge in [-0.2, -0.15) is 0 Å². The fourth-order valence-corrected chi connectivity index (χ4v) is 4.31. The minimum Gasteiger partial charge on any atom is -0.366 e. The third-order valence-corrected chi connectivity index (χ3v) is 5.97. The van der Waals surface area contributed by atoms with Crippen molar-refractivity contribution in [2.45, 2.75) is 25.9 Å². The SMILES string of the molecule is CN=C(NCc1cccc(CN2CCCC2=O)c1)N1CCN(c2ccccc2F)CC1. The van der Waals surface area contributed by atoms with Gasteiger partial charge >= 0.3 is 0 Å². The Morgan fingerprint density at radius 2 is 1.81 bits per heavy atom. The maximum atomic E-state index is 14.1. The standard InChI is InChI=1S/C24H30FN5O/c1-26-24(29-14-12-28(13-15-29)22-9-3-2-8-21(22)25)27-17-19-6-4-7-20(16-19)18-30-11-5-10-23(30)31/h2-4,6-9,16H,5,10-15,17-18H2,1H3,(H,26,27). The number of hydrogen-bond donors (Lipinski definition) is 1. The maximum Gasteiger partial charge on any atom is 0.222 e. The van der Waals surface area contributed by atoms with E-state index in [1.54, 1.807) is 13.1 Å². The average Bonchev–Trinajstić information content (AvgIpc) is 3.19. The van der Waals surface area contributed by atoms with Crippen LogP contribution in [0.4, 0.5) is 10.1 Å². The summed E-state index contributed by atoms with van der Waals surface area (Å²) in [6, 6.07) is 15.3. The summed E-state index contributed by atoms with van der Waals surface area (Å²) < 4.78 is 14.1. The largest absolute Gasteiger partial charge is 0.366 e. The molecule has 0 aliphatic carbocycles. The van der Waals surface area contributed by atoms with E-state index in [-0.39, 0.29) is 11.7 Å². The van der Waals surface area contributed by atoms with Crippen LogP contribution in [0, 0.1) is 5.82 Å². The second-order valence-corrected chi connectivity index (χ2v) is 8.07. The number of nitrogens with zero attached hydrogens (tertiary/aromatic N) is 4. The fraction of sp³-hybridized carbons (Fsp3) is 0.417. The molecule has 164 valence electrons. The van der Waals surface area contributed by atoms with Crippen LogP contribution in [0.1, 0.15) is 24.0 Å². The van der Waals surface area contributed by atoms with Crippen molar-refractivity contribution in [1.82, 2.24) is 15.1 Å². The maximum absolute atomic E-state index is 14.1. The van der Waals surface area contributed by atoms with Crippen LogP contribution in [0.2, 0.25) is 0 Å². The number of piperazine rings is 1. The summed E-state index contributed by atoms with van der Waals surface area (Å²) in [6.07, 6.45) is 1.63. The van der Waals surface area contributed by atoms with Gasteiger partial charge in [-0.3, -0.25) is 9.79 Å². The molecule has 2 fully saturated rings. The van der Waals surface area contributed by atoms with E-state index < -0.39 is 0 Å². The highest BCUT2D eigenvalue weighted by Gasteiger charge is 2.22. The Balaban J connectivity index is 1.31. The highest BCUT2D eigenvalue weighted by molar-refractivity contribution is 5.80. The van der Waals surface area contributed by atoms with Gasteiger partial charge in [0.1, 0.15) is 5.82 Å². The highest BCUT2D eigenvalue weighted by Crippen LogP contribution is 2.20. The fourth-order valence-electron chi connectivity index (χ4n) is 4.31. The lowest BCUT2D eigenvalue weighted by Gasteiger charge is -2.37. The molecule has 1 N–H and O–H groups in total. The molecule has 7 heteroatoms. The monoisotopic (exact) mass is 423 g/mol. The lowest BCUT2D eigenvalue weighted by atomic mass is 10.1. The molecular weight excluding hydrogens is 393 g/mol. The predicted octanol–water partition coefficient (Wildman–Crippen LogP) is 2.85. The highest BCUT2D eigenvalue weighted by atomic mass is 19.1. The average molecular weight is 424 g/mol. The summed E-state index contributed by atoms with van der Waals surface area (Å²) in [4.78, 5) is 22.6. The van der Waals surface area contributed by atoms with Crippen molar-refractivity contribution in [2.24, 2.45) is 4.99 Å². The van der Waals surface area contributed by atoms with Gasteiger partial charge in [-0.05, 0) is 29.7 Å². The number of carbonyl (C=O) groups is 1. The van der Waals surface area contributed by atoms with E-state index in [0.717, 1.165) is 56.2 Å². The van der Waals surface area contributed by atoms with Gasteiger partial charge in [-0.1, -0.05) is 36.4 Å². The molecule has 2 aliphatic heterocycles. The summed E-state index contributed by atoms with van der Waals surface area (Å²) in [7, 11) is 1.79. The number of benzene rings is 2. The van der Waals surface area contributed by atoms with Crippen molar-refractivity contribution < 1.29 is 9.18 Å². The van der Waals surface area contributed by atoms with Gasteiger partial charge in [0.05, 0.1) is 5.69 Å². The summed E-state index contributed by atoms with van der Waals surface area (Å²) >= 11 is 0. The molecular formula is C24H30FN5O. The molecule has 0 saturated carbocycles. The van der Waals surface area contributed by atoms with Gasteiger partial charge in [-0.25, -0.2) is 4.39 Å². The number of rotatable bonds is 5. The quantitative estimate of drug-likeness (QED) is 0.594. The summed E-state index contributed by atoms with van der Waals surface area (Å²) in [5.74, 6) is 0.931. The van der Waals surface area contributed by atoms with Crippen LogP contribution in [0.5, 0.6) is 0 Å². The van der Waals surface area contributed by atoms with Crippen molar-refractivity contribution in [3.05, 3.63) is 65.5 Å². The normalized spacial score (nSPS) is 17.4. The molecule has 1 amide bonds. The smallest absolute Gasteiger partial charge is 0.222 e. The molecule has 0 atom stereocenters. The second-order valence-electron chi connectivity index (χ2n) is 8.07. The first kappa shape index (κ1) is 21.2. The Labute approximate surface area is 183 Å². The Kier molecular flexibility index (Phi) is 6.70. The molecule has 2 aromatic rings. The number of amides is 1. The van der Waals surface area contributed by atoms with Crippen LogP contribution in [-0.4, -0.2) is 61.4 Å². The van der Waals surface area contributed by atoms with Crippen LogP contribution in [0.15, 0.2) is 53.5 Å². The van der Waals surface area contributed by atoms with E-state index in [2.05, 4.69) is 38.3 Å². The van der Waals surface area contributed by atoms with Crippen molar-refractivity contribution in [2.75, 3.05) is 44.7 Å². The molecule has 2 heterocycles. The number of aliphatic imine (C=N–C) groups is 1. The lowest BCUT2D eigenvalue weighted by molar-refractivity contribution is -0.128. The molecule has 6 nitrogen and oxygen atoms in total. The number of carbonyl (C=O) groups excluding carboxylic acids is 1. The van der Waals surface area contributed by atoms with Gasteiger partial charge in [0.2, 0.25) is 5.91 Å². The molecule has 0 aromatic heterocycles. The first-order valence-electron chi connectivity index (χ1n) is 10.9. The van der Waals surface area contributed by atoms with Gasteiger partial charge in [-0.15, -0.1) is 0 Å².